The van der Waals surface area contributed by atoms with E-state index in [1.54, 1.807) is 6.92 Å². The zero-order valence-electron chi connectivity index (χ0n) is 7.71. The summed E-state index contributed by atoms with van der Waals surface area (Å²) in [5, 5.41) is 0. The van der Waals surface area contributed by atoms with Crippen LogP contribution >= 0.6 is 0 Å². The molecule has 2 heterocycles. The van der Waals surface area contributed by atoms with Gasteiger partial charge in [-0.05, 0) is 33.2 Å². The smallest absolute Gasteiger partial charge is 0.157 e. The molecule has 0 aromatic heterocycles. The fourth-order valence-corrected chi connectivity index (χ4v) is 2.45. The molecular weight excluding hydrogens is 174 g/mol. The molecule has 0 spiro atoms. The molecule has 14 heavy (non-hydrogen) atoms. The summed E-state index contributed by atoms with van der Waals surface area (Å²) < 4.78 is 0. The van der Waals surface area contributed by atoms with E-state index >= 15 is 0 Å². The molecule has 0 amide bonds. The van der Waals surface area contributed by atoms with Crippen molar-refractivity contribution in [2.24, 2.45) is 0 Å². The molecule has 2 aliphatic heterocycles. The van der Waals surface area contributed by atoms with Crippen LogP contribution in [0.4, 0.5) is 0 Å². The number of nitrogens with zero attached hydrogens (tertiary/aromatic N) is 1. The number of Topliss-reactive ketones (excluding diaryl/α,β-unsaturated/α-hetero) is 1. The summed E-state index contributed by atoms with van der Waals surface area (Å²) >= 11 is 0. The Kier molecular flexibility index (Phi) is 4.53. The predicted octanol–water partition coefficient (Wildman–Crippen LogP) is 2.64. The van der Waals surface area contributed by atoms with Gasteiger partial charge in [-0.15, -0.1) is 0 Å². The summed E-state index contributed by atoms with van der Waals surface area (Å²) in [6.45, 7) is 1.68. The van der Waals surface area contributed by atoms with Gasteiger partial charge in [-0.25, -0.2) is 0 Å². The van der Waals surface area contributed by atoms with Gasteiger partial charge in [0.25, 0.3) is 0 Å². The third kappa shape index (κ3) is 1.90. The highest BCUT2D eigenvalue weighted by Gasteiger charge is 2.36. The molecule has 2 aliphatic rings. The van der Waals surface area contributed by atoms with Crippen molar-refractivity contribution in [3.63, 3.8) is 0 Å². The monoisotopic (exact) mass is 197 g/mol. The third-order valence-electron chi connectivity index (χ3n) is 3.22. The van der Waals surface area contributed by atoms with Crippen LogP contribution in [-0.2, 0) is 4.79 Å². The zero-order valence-corrected chi connectivity index (χ0v) is 7.71. The number of hydrogen-bond donors (Lipinski definition) is 0. The van der Waals surface area contributed by atoms with Gasteiger partial charge >= 0.3 is 0 Å². The van der Waals surface area contributed by atoms with Gasteiger partial charge in [-0.2, -0.15) is 0 Å². The molecule has 0 aromatic carbocycles. The van der Waals surface area contributed by atoms with Crippen LogP contribution in [0.15, 0.2) is 11.6 Å². The molecule has 2 heteroatoms. The van der Waals surface area contributed by atoms with Gasteiger partial charge in [0.05, 0.1) is 0 Å². The molecular formula is C12H23NO. The molecule has 82 valence electrons. The van der Waals surface area contributed by atoms with Crippen LogP contribution in [0.2, 0.25) is 0 Å². The van der Waals surface area contributed by atoms with Gasteiger partial charge in [0.15, 0.2) is 5.78 Å². The SMILES string of the molecule is C.C.CC(=O)C1=CCC2CCC1N2C. The molecule has 0 saturated carbocycles. The van der Waals surface area contributed by atoms with E-state index in [-0.39, 0.29) is 20.6 Å². The third-order valence-corrected chi connectivity index (χ3v) is 3.22. The van der Waals surface area contributed by atoms with Crippen molar-refractivity contribution in [2.45, 2.75) is 53.1 Å². The molecule has 1 saturated heterocycles. The largest absolute Gasteiger partial charge is 0.296 e. The van der Waals surface area contributed by atoms with E-state index in [1.807, 2.05) is 0 Å². The Morgan fingerprint density at radius 1 is 1.43 bits per heavy atom. The summed E-state index contributed by atoms with van der Waals surface area (Å²) in [5.74, 6) is 0.257. The lowest BCUT2D eigenvalue weighted by molar-refractivity contribution is -0.114. The molecule has 2 unspecified atom stereocenters. The van der Waals surface area contributed by atoms with Gasteiger partial charge < -0.3 is 0 Å². The van der Waals surface area contributed by atoms with E-state index in [2.05, 4.69) is 18.0 Å². The molecule has 2 bridgehead atoms. The molecule has 2 atom stereocenters. The highest BCUT2D eigenvalue weighted by molar-refractivity contribution is 5.94. The number of carbonyl (C=O) groups excluding carboxylic acids is 1. The molecule has 1 fully saturated rings. The Hall–Kier alpha value is -0.630. The standard InChI is InChI=1S/C10H15NO.2CH4/c1-7(12)9-5-3-8-4-6-10(9)11(8)2;;/h5,8,10H,3-4,6H2,1-2H3;2*1H4. The zero-order chi connectivity index (χ0) is 8.72. The van der Waals surface area contributed by atoms with Gasteiger partial charge in [-0.3, -0.25) is 9.69 Å². The first kappa shape index (κ1) is 13.4. The second-order valence-electron chi connectivity index (χ2n) is 3.86. The lowest BCUT2D eigenvalue weighted by Crippen LogP contribution is -2.37. The van der Waals surface area contributed by atoms with E-state index in [1.165, 1.54) is 12.8 Å². The maximum atomic E-state index is 11.2. The minimum atomic E-state index is 0. The van der Waals surface area contributed by atoms with Crippen LogP contribution in [0.25, 0.3) is 0 Å². The Labute approximate surface area is 88.0 Å². The quantitative estimate of drug-likeness (QED) is 0.644. The van der Waals surface area contributed by atoms with E-state index in [9.17, 15) is 4.79 Å². The highest BCUT2D eigenvalue weighted by Crippen LogP contribution is 2.34. The minimum absolute atomic E-state index is 0. The normalized spacial score (nSPS) is 30.0. The van der Waals surface area contributed by atoms with Gasteiger partial charge in [-0.1, -0.05) is 20.9 Å². The van der Waals surface area contributed by atoms with Crippen molar-refractivity contribution in [3.05, 3.63) is 11.6 Å². The Morgan fingerprint density at radius 2 is 2.07 bits per heavy atom. The van der Waals surface area contributed by atoms with Crippen LogP contribution in [0.5, 0.6) is 0 Å². The van der Waals surface area contributed by atoms with Gasteiger partial charge in [0.2, 0.25) is 0 Å². The molecule has 0 aliphatic carbocycles. The number of rotatable bonds is 1. The number of carbonyl (C=O) groups is 1. The first-order chi connectivity index (χ1) is 5.70. The van der Waals surface area contributed by atoms with Gasteiger partial charge in [0.1, 0.15) is 0 Å². The molecule has 2 nitrogen and oxygen atoms in total. The van der Waals surface area contributed by atoms with Crippen molar-refractivity contribution in [2.75, 3.05) is 7.05 Å². The first-order valence-corrected chi connectivity index (χ1v) is 4.63. The van der Waals surface area contributed by atoms with Crippen LogP contribution in [0.1, 0.15) is 41.0 Å². The average molecular weight is 197 g/mol. The Morgan fingerprint density at radius 3 is 2.64 bits per heavy atom. The summed E-state index contributed by atoms with van der Waals surface area (Å²) in [6.07, 6.45) is 5.65. The average Bonchev–Trinajstić information content (AvgIpc) is 2.32. The van der Waals surface area contributed by atoms with E-state index in [4.69, 9.17) is 0 Å². The second kappa shape index (κ2) is 4.74. The number of hydrogen-bond acceptors (Lipinski definition) is 2. The first-order valence-electron chi connectivity index (χ1n) is 4.63. The lowest BCUT2D eigenvalue weighted by atomic mass is 9.99. The van der Waals surface area contributed by atoms with Crippen LogP contribution in [0, 0.1) is 0 Å². The fraction of sp³-hybridized carbons (Fsp3) is 0.750. The number of likely N-dealkylation sites (N-methyl/N-ethyl adjacent to an activating group) is 1. The van der Waals surface area contributed by atoms with Crippen LogP contribution in [0.3, 0.4) is 0 Å². The number of fused-ring (bicyclic) bond motifs is 2. The maximum Gasteiger partial charge on any atom is 0.157 e. The van der Waals surface area contributed by atoms with Gasteiger partial charge in [0, 0.05) is 17.7 Å². The molecule has 0 aromatic rings. The number of ketones is 1. The Bertz CT molecular complexity index is 245. The summed E-state index contributed by atoms with van der Waals surface area (Å²) in [4.78, 5) is 13.6. The van der Waals surface area contributed by atoms with E-state index in [0.717, 1.165) is 12.0 Å². The molecule has 0 N–H and O–H groups in total. The van der Waals surface area contributed by atoms with Crippen molar-refractivity contribution in [3.8, 4) is 0 Å². The summed E-state index contributed by atoms with van der Waals surface area (Å²) in [6, 6.07) is 1.14. The minimum Gasteiger partial charge on any atom is -0.296 e. The van der Waals surface area contributed by atoms with Crippen LogP contribution in [-0.4, -0.2) is 29.8 Å². The summed E-state index contributed by atoms with van der Waals surface area (Å²) in [5.41, 5.74) is 1.05. The van der Waals surface area contributed by atoms with Crippen molar-refractivity contribution < 1.29 is 4.79 Å². The second-order valence-corrected chi connectivity index (χ2v) is 3.86. The topological polar surface area (TPSA) is 20.3 Å². The van der Waals surface area contributed by atoms with E-state index < -0.39 is 0 Å². The van der Waals surface area contributed by atoms with Crippen molar-refractivity contribution in [1.29, 1.82) is 0 Å². The summed E-state index contributed by atoms with van der Waals surface area (Å²) in [7, 11) is 2.14. The van der Waals surface area contributed by atoms with Crippen molar-refractivity contribution >= 4 is 5.78 Å². The van der Waals surface area contributed by atoms with Crippen LogP contribution < -0.4 is 0 Å². The highest BCUT2D eigenvalue weighted by atomic mass is 16.1. The Balaban J connectivity index is 0.000000845. The van der Waals surface area contributed by atoms with Crippen molar-refractivity contribution in [1.82, 2.24) is 4.90 Å². The molecule has 0 radical (unpaired) electrons. The van der Waals surface area contributed by atoms with E-state index in [0.29, 0.717) is 12.1 Å². The fourth-order valence-electron chi connectivity index (χ4n) is 2.45. The lowest BCUT2D eigenvalue weighted by Gasteiger charge is -2.30. The maximum absolute atomic E-state index is 11.2. The predicted molar refractivity (Wildman–Crippen MR) is 61.4 cm³/mol. The molecule has 2 rings (SSSR count).